The fourth-order valence-corrected chi connectivity index (χ4v) is 3.88. The molecule has 2 aromatic rings. The van der Waals surface area contributed by atoms with E-state index in [0.29, 0.717) is 6.04 Å². The van der Waals surface area contributed by atoms with Gasteiger partial charge in [-0.3, -0.25) is 0 Å². The molecule has 92 valence electrons. The molecule has 1 unspecified atom stereocenters. The Labute approximate surface area is 111 Å². The first kappa shape index (κ1) is 12.7. The number of thiazole rings is 1. The Balaban J connectivity index is 2.30. The van der Waals surface area contributed by atoms with Crippen LogP contribution in [-0.4, -0.2) is 11.5 Å². The van der Waals surface area contributed by atoms with Crippen molar-refractivity contribution < 1.29 is 0 Å². The molecule has 0 amide bonds. The van der Waals surface area contributed by atoms with E-state index in [-0.39, 0.29) is 0 Å². The van der Waals surface area contributed by atoms with Crippen molar-refractivity contribution in [3.8, 4) is 9.88 Å². The predicted octanol–water partition coefficient (Wildman–Crippen LogP) is 4.16. The van der Waals surface area contributed by atoms with E-state index in [1.165, 1.54) is 14.6 Å². The highest BCUT2D eigenvalue weighted by Gasteiger charge is 2.15. The maximum absolute atomic E-state index is 4.69. The quantitative estimate of drug-likeness (QED) is 0.899. The second-order valence-electron chi connectivity index (χ2n) is 4.16. The highest BCUT2D eigenvalue weighted by molar-refractivity contribution is 7.21. The summed E-state index contributed by atoms with van der Waals surface area (Å²) in [7, 11) is 0. The van der Waals surface area contributed by atoms with Gasteiger partial charge in [-0.2, -0.15) is 0 Å². The van der Waals surface area contributed by atoms with E-state index in [0.717, 1.165) is 17.2 Å². The van der Waals surface area contributed by atoms with E-state index in [1.807, 2.05) is 22.7 Å². The lowest BCUT2D eigenvalue weighted by atomic mass is 10.2. The second kappa shape index (κ2) is 5.29. The van der Waals surface area contributed by atoms with E-state index in [1.54, 1.807) is 0 Å². The molecule has 17 heavy (non-hydrogen) atoms. The molecule has 0 saturated heterocycles. The van der Waals surface area contributed by atoms with Crippen LogP contribution in [0.2, 0.25) is 0 Å². The van der Waals surface area contributed by atoms with Crippen LogP contribution in [0, 0.1) is 13.8 Å². The van der Waals surface area contributed by atoms with Gasteiger partial charge in [-0.05, 0) is 39.4 Å². The summed E-state index contributed by atoms with van der Waals surface area (Å²) in [5, 5.41) is 4.60. The predicted molar refractivity (Wildman–Crippen MR) is 77.0 cm³/mol. The van der Waals surface area contributed by atoms with Gasteiger partial charge in [0.1, 0.15) is 5.01 Å². The van der Waals surface area contributed by atoms with Crippen LogP contribution in [0.4, 0.5) is 0 Å². The minimum atomic E-state index is 0.396. The molecule has 2 rings (SSSR count). The number of hydrogen-bond acceptors (Lipinski definition) is 4. The first-order valence-electron chi connectivity index (χ1n) is 5.89. The Morgan fingerprint density at radius 2 is 2.06 bits per heavy atom. The topological polar surface area (TPSA) is 24.9 Å². The summed E-state index contributed by atoms with van der Waals surface area (Å²) in [6, 6.07) is 4.72. The molecule has 0 bridgehead atoms. The summed E-state index contributed by atoms with van der Waals surface area (Å²) in [6.07, 6.45) is 0. The summed E-state index contributed by atoms with van der Waals surface area (Å²) in [6.45, 7) is 9.57. The molecule has 1 atom stereocenters. The summed E-state index contributed by atoms with van der Waals surface area (Å²) in [5.41, 5.74) is 1.16. The van der Waals surface area contributed by atoms with Gasteiger partial charge in [-0.25, -0.2) is 4.98 Å². The monoisotopic (exact) mass is 266 g/mol. The average molecular weight is 266 g/mol. The first-order chi connectivity index (χ1) is 8.11. The molecule has 0 radical (unpaired) electrons. The molecular formula is C13H18N2S2. The molecule has 2 aromatic heterocycles. The van der Waals surface area contributed by atoms with Gasteiger partial charge in [-0.15, -0.1) is 22.7 Å². The molecule has 1 N–H and O–H groups in total. The largest absolute Gasteiger partial charge is 0.310 e. The number of aryl methyl sites for hydroxylation is 2. The number of thiophene rings is 1. The van der Waals surface area contributed by atoms with Crippen molar-refractivity contribution in [2.24, 2.45) is 0 Å². The molecule has 0 aliphatic rings. The molecule has 2 nitrogen and oxygen atoms in total. The standard InChI is InChI=1S/C13H18N2S2/c1-5-14-9(3)12-10(4)15-13(17-12)11-7-6-8(2)16-11/h6-7,9,14H,5H2,1-4H3. The Morgan fingerprint density at radius 3 is 2.65 bits per heavy atom. The fourth-order valence-electron chi connectivity index (χ4n) is 1.86. The second-order valence-corrected chi connectivity index (χ2v) is 6.48. The van der Waals surface area contributed by atoms with E-state index in [2.05, 4.69) is 50.1 Å². The Hall–Kier alpha value is -0.710. The molecule has 4 heteroatoms. The molecule has 0 aliphatic carbocycles. The van der Waals surface area contributed by atoms with Crippen molar-refractivity contribution in [1.29, 1.82) is 0 Å². The molecule has 0 spiro atoms. The molecule has 0 aliphatic heterocycles. The van der Waals surface area contributed by atoms with E-state index in [9.17, 15) is 0 Å². The lowest BCUT2D eigenvalue weighted by Crippen LogP contribution is -2.17. The van der Waals surface area contributed by atoms with Crippen LogP contribution in [-0.2, 0) is 0 Å². The highest BCUT2D eigenvalue weighted by Crippen LogP contribution is 2.35. The van der Waals surface area contributed by atoms with Crippen molar-refractivity contribution in [1.82, 2.24) is 10.3 Å². The zero-order chi connectivity index (χ0) is 12.4. The highest BCUT2D eigenvalue weighted by atomic mass is 32.1. The van der Waals surface area contributed by atoms with Crippen LogP contribution in [0.3, 0.4) is 0 Å². The van der Waals surface area contributed by atoms with Crippen molar-refractivity contribution in [2.45, 2.75) is 33.7 Å². The van der Waals surface area contributed by atoms with Crippen LogP contribution >= 0.6 is 22.7 Å². The maximum atomic E-state index is 4.69. The van der Waals surface area contributed by atoms with Crippen molar-refractivity contribution >= 4 is 22.7 Å². The third kappa shape index (κ3) is 2.76. The summed E-state index contributed by atoms with van der Waals surface area (Å²) < 4.78 is 0. The molecular weight excluding hydrogens is 248 g/mol. The molecule has 0 saturated carbocycles. The van der Waals surface area contributed by atoms with Gasteiger partial charge in [0.05, 0.1) is 10.6 Å². The van der Waals surface area contributed by atoms with Crippen molar-refractivity contribution in [3.63, 3.8) is 0 Å². The van der Waals surface area contributed by atoms with E-state index >= 15 is 0 Å². The average Bonchev–Trinajstić information content (AvgIpc) is 2.85. The fraction of sp³-hybridized carbons (Fsp3) is 0.462. The van der Waals surface area contributed by atoms with Crippen molar-refractivity contribution in [2.75, 3.05) is 6.54 Å². The normalized spacial score (nSPS) is 12.9. The van der Waals surface area contributed by atoms with Gasteiger partial charge in [0.25, 0.3) is 0 Å². The molecule has 0 fully saturated rings. The van der Waals surface area contributed by atoms with Gasteiger partial charge in [0.15, 0.2) is 0 Å². The molecule has 0 aromatic carbocycles. The Bertz CT molecular complexity index is 499. The number of nitrogens with one attached hydrogen (secondary N) is 1. The van der Waals surface area contributed by atoms with Crippen molar-refractivity contribution in [3.05, 3.63) is 27.6 Å². The lowest BCUT2D eigenvalue weighted by molar-refractivity contribution is 0.603. The van der Waals surface area contributed by atoms with Crippen LogP contribution in [0.5, 0.6) is 0 Å². The number of aromatic nitrogens is 1. The summed E-state index contributed by atoms with van der Waals surface area (Å²) >= 11 is 3.63. The SMILES string of the molecule is CCNC(C)c1sc(-c2ccc(C)s2)nc1C. The van der Waals surface area contributed by atoms with Crippen LogP contribution in [0.1, 0.15) is 35.3 Å². The minimum Gasteiger partial charge on any atom is -0.310 e. The van der Waals surface area contributed by atoms with Gasteiger partial charge in [-0.1, -0.05) is 6.92 Å². The van der Waals surface area contributed by atoms with E-state index < -0.39 is 0 Å². The molecule has 2 heterocycles. The Morgan fingerprint density at radius 1 is 1.29 bits per heavy atom. The zero-order valence-corrected chi connectivity index (χ0v) is 12.3. The van der Waals surface area contributed by atoms with Gasteiger partial charge < -0.3 is 5.32 Å². The first-order valence-corrected chi connectivity index (χ1v) is 7.52. The van der Waals surface area contributed by atoms with Gasteiger partial charge in [0.2, 0.25) is 0 Å². The Kier molecular flexibility index (Phi) is 3.97. The summed E-state index contributed by atoms with van der Waals surface area (Å²) in [4.78, 5) is 8.67. The number of rotatable bonds is 4. The number of hydrogen-bond donors (Lipinski definition) is 1. The van der Waals surface area contributed by atoms with Crippen LogP contribution in [0.25, 0.3) is 9.88 Å². The minimum absolute atomic E-state index is 0.396. The van der Waals surface area contributed by atoms with E-state index in [4.69, 9.17) is 0 Å². The number of nitrogens with zero attached hydrogens (tertiary/aromatic N) is 1. The van der Waals surface area contributed by atoms with Crippen LogP contribution in [0.15, 0.2) is 12.1 Å². The smallest absolute Gasteiger partial charge is 0.133 e. The summed E-state index contributed by atoms with van der Waals surface area (Å²) in [5.74, 6) is 0. The lowest BCUT2D eigenvalue weighted by Gasteiger charge is -2.09. The maximum Gasteiger partial charge on any atom is 0.133 e. The third-order valence-corrected chi connectivity index (χ3v) is 5.20. The van der Waals surface area contributed by atoms with Gasteiger partial charge >= 0.3 is 0 Å². The van der Waals surface area contributed by atoms with Crippen LogP contribution < -0.4 is 5.32 Å². The zero-order valence-electron chi connectivity index (χ0n) is 10.7. The van der Waals surface area contributed by atoms with Gasteiger partial charge in [0, 0.05) is 15.8 Å². The third-order valence-electron chi connectivity index (χ3n) is 2.69.